The molecule has 0 aromatic heterocycles. The van der Waals surface area contributed by atoms with Crippen LogP contribution in [-0.2, 0) is 49.5 Å². The van der Waals surface area contributed by atoms with Gasteiger partial charge in [0.25, 0.3) is 5.91 Å². The zero-order valence-corrected chi connectivity index (χ0v) is 37.9. The molecule has 15 nitrogen and oxygen atoms in total. The van der Waals surface area contributed by atoms with Gasteiger partial charge in [-0.3, -0.25) is 24.0 Å². The van der Waals surface area contributed by atoms with E-state index < -0.39 is 113 Å². The summed E-state index contributed by atoms with van der Waals surface area (Å²) in [6.07, 6.45) is 3.68. The van der Waals surface area contributed by atoms with Crippen LogP contribution >= 0.6 is 0 Å². The molecule has 1 aromatic rings. The number of rotatable bonds is 10. The molecule has 0 saturated carbocycles. The normalized spacial score (nSPS) is 27.6. The third-order valence-corrected chi connectivity index (χ3v) is 12.2. The van der Waals surface area contributed by atoms with Crippen LogP contribution in [0.1, 0.15) is 106 Å². The van der Waals surface area contributed by atoms with E-state index in [0.29, 0.717) is 31.2 Å². The maximum absolute atomic E-state index is 14.7. The van der Waals surface area contributed by atoms with Gasteiger partial charge in [0.05, 0.1) is 11.5 Å². The highest BCUT2D eigenvalue weighted by atomic mass is 16.6. The Bertz CT molecular complexity index is 1760. The molecule has 2 aliphatic rings. The minimum atomic E-state index is -1.54. The van der Waals surface area contributed by atoms with E-state index in [0.717, 1.165) is 0 Å². The summed E-state index contributed by atoms with van der Waals surface area (Å²) in [5.74, 6) is -3.84. The number of nitrogens with one attached hydrogen (secondary N) is 2. The minimum absolute atomic E-state index is 0.0355. The molecule has 0 aliphatic carbocycles. The third kappa shape index (κ3) is 12.3. The van der Waals surface area contributed by atoms with Crippen molar-refractivity contribution in [3.63, 3.8) is 0 Å². The van der Waals surface area contributed by atoms with Crippen LogP contribution in [-0.4, -0.2) is 130 Å². The van der Waals surface area contributed by atoms with Gasteiger partial charge >= 0.3 is 11.9 Å². The van der Waals surface area contributed by atoms with Crippen LogP contribution in [0.4, 0.5) is 0 Å². The number of ether oxygens (including phenoxy) is 2. The molecule has 338 valence electrons. The topological polar surface area (TPSA) is 192 Å². The predicted molar refractivity (Wildman–Crippen MR) is 229 cm³/mol. The van der Waals surface area contributed by atoms with Crippen molar-refractivity contribution in [2.24, 2.45) is 23.2 Å². The summed E-state index contributed by atoms with van der Waals surface area (Å²) in [7, 11) is 2.86. The first kappa shape index (κ1) is 50.4. The summed E-state index contributed by atoms with van der Waals surface area (Å²) < 4.78 is 12.1. The van der Waals surface area contributed by atoms with Gasteiger partial charge in [-0.25, -0.2) is 9.59 Å². The van der Waals surface area contributed by atoms with Crippen molar-refractivity contribution in [1.29, 1.82) is 0 Å². The Morgan fingerprint density at radius 2 is 1.49 bits per heavy atom. The number of likely N-dealkylation sites (N-methyl/N-ethyl adjacent to an activating group) is 2. The van der Waals surface area contributed by atoms with Crippen LogP contribution in [0.25, 0.3) is 0 Å². The molecule has 3 N–H and O–H groups in total. The van der Waals surface area contributed by atoms with E-state index in [1.807, 2.05) is 13.0 Å². The van der Waals surface area contributed by atoms with Gasteiger partial charge < -0.3 is 39.9 Å². The molecular formula is C46H69N5O10. The molecule has 5 amide bonds. The summed E-state index contributed by atoms with van der Waals surface area (Å²) in [6, 6.07) is 2.86. The molecule has 2 heterocycles. The van der Waals surface area contributed by atoms with E-state index in [1.165, 1.54) is 35.7 Å². The van der Waals surface area contributed by atoms with Crippen molar-refractivity contribution in [3.05, 3.63) is 35.9 Å². The number of esters is 2. The van der Waals surface area contributed by atoms with Crippen LogP contribution in [0.15, 0.2) is 30.3 Å². The number of aliphatic hydroxyl groups is 1. The molecule has 0 bridgehead atoms. The maximum Gasteiger partial charge on any atom is 0.329 e. The second-order valence-electron chi connectivity index (χ2n) is 17.9. The number of hydrogen-bond donors (Lipinski definition) is 3. The number of cyclic esters (lactones) is 2. The van der Waals surface area contributed by atoms with Crippen LogP contribution in [0, 0.1) is 35.5 Å². The first-order valence-corrected chi connectivity index (χ1v) is 21.6. The number of unbranched alkanes of at least 4 members (excludes halogenated alkanes) is 1. The maximum atomic E-state index is 14.7. The fourth-order valence-electron chi connectivity index (χ4n) is 7.93. The molecule has 0 radical (unpaired) electrons. The number of amides is 5. The Morgan fingerprint density at radius 3 is 2.05 bits per heavy atom. The van der Waals surface area contributed by atoms with Crippen LogP contribution in [0.2, 0.25) is 0 Å². The van der Waals surface area contributed by atoms with Gasteiger partial charge in [-0.1, -0.05) is 71.9 Å². The van der Waals surface area contributed by atoms with Crippen molar-refractivity contribution in [3.8, 4) is 12.3 Å². The summed E-state index contributed by atoms with van der Waals surface area (Å²) in [4.78, 5) is 104. The highest BCUT2D eigenvalue weighted by Gasteiger charge is 2.47. The number of terminal acetylenes is 1. The Hall–Kier alpha value is -4.97. The van der Waals surface area contributed by atoms with E-state index >= 15 is 0 Å². The predicted octanol–water partition coefficient (Wildman–Crippen LogP) is 3.25. The van der Waals surface area contributed by atoms with Gasteiger partial charge in [0.2, 0.25) is 23.6 Å². The highest BCUT2D eigenvalue weighted by Crippen LogP contribution is 2.31. The second-order valence-corrected chi connectivity index (χ2v) is 17.9. The van der Waals surface area contributed by atoms with Crippen LogP contribution < -0.4 is 10.6 Å². The van der Waals surface area contributed by atoms with E-state index in [4.69, 9.17) is 15.9 Å². The third-order valence-electron chi connectivity index (χ3n) is 12.2. The quantitative estimate of drug-likeness (QED) is 0.179. The summed E-state index contributed by atoms with van der Waals surface area (Å²) in [6.45, 7) is 15.1. The van der Waals surface area contributed by atoms with E-state index in [1.54, 1.807) is 72.7 Å². The number of aliphatic hydroxyl groups excluding tert-OH is 1. The number of carbonyl (C=O) groups excluding carboxylic acids is 7. The monoisotopic (exact) mass is 852 g/mol. The van der Waals surface area contributed by atoms with Crippen molar-refractivity contribution >= 4 is 41.5 Å². The first-order valence-electron chi connectivity index (χ1n) is 21.6. The Kier molecular flexibility index (Phi) is 18.4. The Morgan fingerprint density at radius 1 is 0.852 bits per heavy atom. The molecule has 3 rings (SSSR count). The number of nitrogens with zero attached hydrogens (tertiary/aromatic N) is 3. The smallest absolute Gasteiger partial charge is 0.329 e. The summed E-state index contributed by atoms with van der Waals surface area (Å²) in [5.41, 5.74) is -0.802. The number of benzene rings is 1. The van der Waals surface area contributed by atoms with Gasteiger partial charge in [-0.2, -0.15) is 0 Å². The molecule has 2 aliphatic heterocycles. The summed E-state index contributed by atoms with van der Waals surface area (Å²) in [5, 5.41) is 16.5. The second kappa shape index (κ2) is 22.2. The molecule has 15 heteroatoms. The Balaban J connectivity index is 2.25. The first-order chi connectivity index (χ1) is 28.6. The molecular weight excluding hydrogens is 783 g/mol. The van der Waals surface area contributed by atoms with Crippen molar-refractivity contribution < 1.29 is 48.1 Å². The average molecular weight is 852 g/mol. The largest absolute Gasteiger partial charge is 0.460 e. The van der Waals surface area contributed by atoms with Gasteiger partial charge in [-0.05, 0) is 70.3 Å². The number of hydrogen-bond acceptors (Lipinski definition) is 10. The van der Waals surface area contributed by atoms with Gasteiger partial charge in [-0.15, -0.1) is 12.3 Å². The molecule has 9 atom stereocenters. The SMILES string of the molecule is C#CCCCC1OC(=O)C(C(C)C)NC(=O)[C@H](C(C)C)N(C)C(=O)[C@H]([C@H](C)CC)OC(=O)[C@@H]2CCCN2C(=O)[C@H](Cc2ccccc2)N(C)C(=O)C([C@@H](C)O)NC(=O)C1(C)C. The van der Waals surface area contributed by atoms with Crippen LogP contribution in [0.3, 0.4) is 0 Å². The van der Waals surface area contributed by atoms with Crippen molar-refractivity contribution in [2.45, 2.75) is 156 Å². The minimum Gasteiger partial charge on any atom is -0.460 e. The van der Waals surface area contributed by atoms with Gasteiger partial charge in [0, 0.05) is 39.4 Å². The Labute approximate surface area is 362 Å². The highest BCUT2D eigenvalue weighted by molar-refractivity contribution is 5.96. The number of fused-ring (bicyclic) bond motifs is 1. The molecule has 3 unspecified atom stereocenters. The van der Waals surface area contributed by atoms with Gasteiger partial charge in [0.1, 0.15) is 36.3 Å². The zero-order valence-electron chi connectivity index (χ0n) is 37.9. The zero-order chi connectivity index (χ0) is 45.9. The molecule has 2 saturated heterocycles. The summed E-state index contributed by atoms with van der Waals surface area (Å²) >= 11 is 0. The number of carbonyl (C=O) groups is 7. The molecule has 0 spiro atoms. The lowest BCUT2D eigenvalue weighted by molar-refractivity contribution is -0.171. The lowest BCUT2D eigenvalue weighted by Crippen LogP contribution is -2.61. The van der Waals surface area contributed by atoms with Crippen molar-refractivity contribution in [2.75, 3.05) is 20.6 Å². The lowest BCUT2D eigenvalue weighted by atomic mass is 9.82. The van der Waals surface area contributed by atoms with Gasteiger partial charge in [0.15, 0.2) is 6.10 Å². The fourth-order valence-corrected chi connectivity index (χ4v) is 7.93. The molecule has 1 aromatic carbocycles. The van der Waals surface area contributed by atoms with E-state index in [2.05, 4.69) is 16.6 Å². The average Bonchev–Trinajstić information content (AvgIpc) is 3.71. The molecule has 2 fully saturated rings. The molecule has 61 heavy (non-hydrogen) atoms. The van der Waals surface area contributed by atoms with Crippen molar-refractivity contribution in [1.82, 2.24) is 25.3 Å². The lowest BCUT2D eigenvalue weighted by Gasteiger charge is -2.38. The van der Waals surface area contributed by atoms with Crippen LogP contribution in [0.5, 0.6) is 0 Å². The van der Waals surface area contributed by atoms with E-state index in [-0.39, 0.29) is 25.8 Å². The fraction of sp³-hybridized carbons (Fsp3) is 0.674. The van der Waals surface area contributed by atoms with E-state index in [9.17, 15) is 38.7 Å². The standard InChI is InChI=1S/C46H69N5O10/c1-13-15-17-24-34-46(9,10)45(59)48-36(30(8)52)41(55)49(11)33(26-31-21-18-16-19-22-31)40(54)51-25-20-23-32(51)43(57)61-38(29(7)14-2)42(56)50(12)37(28(5)6)39(53)47-35(27(3)4)44(58)60-34/h1,16,18-19,21-22,27-30,32-38,52H,14-15,17,20,23-26H2,2-12H3,(H,47,53)(H,48,59)/t29-,30-,32+,33+,34?,35?,36?,37+,38+/m1/s1.